The minimum Gasteiger partial charge on any atom is -0.482 e. The maximum atomic E-state index is 13.1. The number of hydrogen-bond donors (Lipinski definition) is 0. The van der Waals surface area contributed by atoms with Gasteiger partial charge in [0.15, 0.2) is 6.61 Å². The number of benzene rings is 1. The number of anilines is 1. The van der Waals surface area contributed by atoms with Gasteiger partial charge in [-0.2, -0.15) is 0 Å². The summed E-state index contributed by atoms with van der Waals surface area (Å²) in [4.78, 5) is 27.4. The summed E-state index contributed by atoms with van der Waals surface area (Å²) in [6.45, 7) is 2.24. The zero-order valence-electron chi connectivity index (χ0n) is 15.8. The lowest BCUT2D eigenvalue weighted by Gasteiger charge is -2.35. The van der Waals surface area contributed by atoms with Crippen LogP contribution in [0.1, 0.15) is 38.5 Å². The minimum atomic E-state index is -0.0551. The lowest BCUT2D eigenvalue weighted by Crippen LogP contribution is -2.43. The topological polar surface area (TPSA) is 56.5 Å². The van der Waals surface area contributed by atoms with Crippen LogP contribution >= 0.6 is 11.6 Å². The maximum Gasteiger partial charge on any atom is 0.276 e. The van der Waals surface area contributed by atoms with Gasteiger partial charge in [0.05, 0.1) is 11.3 Å². The van der Waals surface area contributed by atoms with Gasteiger partial charge in [-0.05, 0) is 55.7 Å². The molecule has 3 heterocycles. The van der Waals surface area contributed by atoms with Crippen LogP contribution < -0.4 is 15.2 Å². The second-order valence-electron chi connectivity index (χ2n) is 8.05. The van der Waals surface area contributed by atoms with Crippen LogP contribution in [-0.4, -0.2) is 28.4 Å². The lowest BCUT2D eigenvalue weighted by atomic mass is 9.85. The van der Waals surface area contributed by atoms with Gasteiger partial charge in [0.1, 0.15) is 10.9 Å². The average Bonchev–Trinajstić information content (AvgIpc) is 2.83. The highest BCUT2D eigenvalue weighted by molar-refractivity contribution is 6.32. The smallest absolute Gasteiger partial charge is 0.276 e. The van der Waals surface area contributed by atoms with Crippen molar-refractivity contribution in [2.45, 2.75) is 51.6 Å². The highest BCUT2D eigenvalue weighted by atomic mass is 35.5. The largest absolute Gasteiger partial charge is 0.482 e. The van der Waals surface area contributed by atoms with Crippen molar-refractivity contribution < 1.29 is 9.53 Å². The molecule has 0 bridgehead atoms. The summed E-state index contributed by atoms with van der Waals surface area (Å²) in [5.74, 6) is 1.23. The van der Waals surface area contributed by atoms with Crippen molar-refractivity contribution in [3.8, 4) is 16.9 Å². The molecule has 7 heteroatoms. The standard InChI is InChI=1S/C21H24ClN3O3/c22-20-19(21(27)25-10-3-1-2-9-24(20)25)15-7-8-17-16(11-15)23(18(26)13-28-17)12-14-5-4-6-14/h7-8,11,14H,1-6,9-10,12-13H2. The maximum absolute atomic E-state index is 13.1. The number of carbonyl (C=O) groups is 1. The molecule has 6 nitrogen and oxygen atoms in total. The molecule has 0 atom stereocenters. The van der Waals surface area contributed by atoms with Crippen LogP contribution in [0.25, 0.3) is 11.1 Å². The van der Waals surface area contributed by atoms with Crippen LogP contribution in [-0.2, 0) is 17.9 Å². The molecule has 1 aromatic carbocycles. The van der Waals surface area contributed by atoms with E-state index in [9.17, 15) is 9.59 Å². The number of carbonyl (C=O) groups excluding carboxylic acids is 1. The highest BCUT2D eigenvalue weighted by Gasteiger charge is 2.31. The molecule has 1 amide bonds. The molecule has 3 aliphatic rings. The molecule has 0 saturated heterocycles. The van der Waals surface area contributed by atoms with Crippen molar-refractivity contribution in [2.24, 2.45) is 5.92 Å². The third-order valence-corrected chi connectivity index (χ3v) is 6.65. The van der Waals surface area contributed by atoms with Crippen LogP contribution in [0.5, 0.6) is 5.75 Å². The van der Waals surface area contributed by atoms with E-state index in [2.05, 4.69) is 0 Å². The van der Waals surface area contributed by atoms with Gasteiger partial charge >= 0.3 is 0 Å². The predicted octanol–water partition coefficient (Wildman–Crippen LogP) is 3.68. The molecule has 0 N–H and O–H groups in total. The first-order valence-corrected chi connectivity index (χ1v) is 10.6. The Morgan fingerprint density at radius 2 is 1.82 bits per heavy atom. The van der Waals surface area contributed by atoms with E-state index in [-0.39, 0.29) is 18.1 Å². The molecular formula is C21H24ClN3O3. The van der Waals surface area contributed by atoms with Gasteiger partial charge in [0, 0.05) is 19.6 Å². The Morgan fingerprint density at radius 3 is 2.57 bits per heavy atom. The minimum absolute atomic E-state index is 0.0213. The van der Waals surface area contributed by atoms with Gasteiger partial charge in [0.2, 0.25) is 0 Å². The molecule has 0 unspecified atom stereocenters. The van der Waals surface area contributed by atoms with Crippen molar-refractivity contribution in [2.75, 3.05) is 18.1 Å². The fraction of sp³-hybridized carbons (Fsp3) is 0.524. The number of amides is 1. The van der Waals surface area contributed by atoms with Gasteiger partial charge in [-0.1, -0.05) is 24.1 Å². The average molecular weight is 402 g/mol. The number of fused-ring (bicyclic) bond motifs is 2. The van der Waals surface area contributed by atoms with Crippen LogP contribution in [0, 0.1) is 5.92 Å². The summed E-state index contributed by atoms with van der Waals surface area (Å²) in [6.07, 6.45) is 6.68. The van der Waals surface area contributed by atoms with Gasteiger partial charge < -0.3 is 9.64 Å². The van der Waals surface area contributed by atoms with E-state index >= 15 is 0 Å². The molecule has 1 aromatic heterocycles. The van der Waals surface area contributed by atoms with Crippen LogP contribution in [0.2, 0.25) is 5.15 Å². The second kappa shape index (κ2) is 6.99. The van der Waals surface area contributed by atoms with Gasteiger partial charge in [-0.25, -0.2) is 4.68 Å². The zero-order chi connectivity index (χ0) is 19.3. The molecule has 1 saturated carbocycles. The van der Waals surface area contributed by atoms with Crippen LogP contribution in [0.15, 0.2) is 23.0 Å². The number of rotatable bonds is 3. The quantitative estimate of drug-likeness (QED) is 0.788. The summed E-state index contributed by atoms with van der Waals surface area (Å²) in [7, 11) is 0. The fourth-order valence-electron chi connectivity index (χ4n) is 4.44. The van der Waals surface area contributed by atoms with E-state index in [1.165, 1.54) is 19.3 Å². The summed E-state index contributed by atoms with van der Waals surface area (Å²) in [6, 6.07) is 5.63. The summed E-state index contributed by atoms with van der Waals surface area (Å²) >= 11 is 6.65. The van der Waals surface area contributed by atoms with Crippen molar-refractivity contribution in [1.29, 1.82) is 0 Å². The van der Waals surface area contributed by atoms with Crippen molar-refractivity contribution in [1.82, 2.24) is 9.36 Å². The third kappa shape index (κ3) is 2.85. The van der Waals surface area contributed by atoms with Crippen molar-refractivity contribution in [3.05, 3.63) is 33.7 Å². The SMILES string of the molecule is O=C1COc2ccc(-c3c(Cl)n4n(c3=O)CCCCC4)cc2N1CC1CCC1. The number of hydrogen-bond acceptors (Lipinski definition) is 3. The van der Waals surface area contributed by atoms with E-state index in [0.29, 0.717) is 28.9 Å². The molecular weight excluding hydrogens is 378 g/mol. The lowest BCUT2D eigenvalue weighted by molar-refractivity contribution is -0.121. The van der Waals surface area contributed by atoms with E-state index in [4.69, 9.17) is 16.3 Å². The normalized spacial score (nSPS) is 19.5. The molecule has 1 aliphatic carbocycles. The molecule has 0 spiro atoms. The molecule has 0 radical (unpaired) electrons. The highest BCUT2D eigenvalue weighted by Crippen LogP contribution is 2.39. The number of aromatic nitrogens is 2. The molecule has 28 heavy (non-hydrogen) atoms. The second-order valence-corrected chi connectivity index (χ2v) is 8.41. The first kappa shape index (κ1) is 17.9. The van der Waals surface area contributed by atoms with Crippen LogP contribution in [0.4, 0.5) is 5.69 Å². The molecule has 1 fully saturated rings. The van der Waals surface area contributed by atoms with E-state index in [1.807, 2.05) is 27.8 Å². The van der Waals surface area contributed by atoms with E-state index in [1.54, 1.807) is 4.68 Å². The Balaban J connectivity index is 1.58. The monoisotopic (exact) mass is 401 g/mol. The number of nitrogens with zero attached hydrogens (tertiary/aromatic N) is 3. The molecule has 148 valence electrons. The van der Waals surface area contributed by atoms with Gasteiger partial charge in [-0.3, -0.25) is 14.3 Å². The van der Waals surface area contributed by atoms with Crippen molar-refractivity contribution >= 4 is 23.2 Å². The van der Waals surface area contributed by atoms with Crippen molar-refractivity contribution in [3.63, 3.8) is 0 Å². The van der Waals surface area contributed by atoms with Gasteiger partial charge in [-0.15, -0.1) is 0 Å². The van der Waals surface area contributed by atoms with E-state index in [0.717, 1.165) is 43.6 Å². The Morgan fingerprint density at radius 1 is 1.04 bits per heavy atom. The zero-order valence-corrected chi connectivity index (χ0v) is 16.6. The van der Waals surface area contributed by atoms with Crippen LogP contribution in [0.3, 0.4) is 0 Å². The Bertz CT molecular complexity index is 990. The van der Waals surface area contributed by atoms with Gasteiger partial charge in [0.25, 0.3) is 11.5 Å². The molecule has 2 aromatic rings. The summed E-state index contributed by atoms with van der Waals surface area (Å²) < 4.78 is 9.30. The Labute approximate surface area is 168 Å². The fourth-order valence-corrected chi connectivity index (χ4v) is 4.80. The van der Waals surface area contributed by atoms with E-state index < -0.39 is 0 Å². The Kier molecular flexibility index (Phi) is 4.46. The first-order valence-electron chi connectivity index (χ1n) is 10.2. The first-order chi connectivity index (χ1) is 13.6. The number of ether oxygens (including phenoxy) is 1. The number of halogens is 1. The predicted molar refractivity (Wildman–Crippen MR) is 108 cm³/mol. The third-order valence-electron chi connectivity index (χ3n) is 6.27. The summed E-state index contributed by atoms with van der Waals surface area (Å²) in [5.41, 5.74) is 1.97. The summed E-state index contributed by atoms with van der Waals surface area (Å²) in [5, 5.41) is 0.487. The Hall–Kier alpha value is -2.21. The molecule has 2 aliphatic heterocycles. The molecule has 5 rings (SSSR count).